The quantitative estimate of drug-likeness (QED) is 0.490. The Labute approximate surface area is 176 Å². The van der Waals surface area contributed by atoms with Gasteiger partial charge in [0.1, 0.15) is 12.4 Å². The number of nitrogens with zero attached hydrogens (tertiary/aromatic N) is 1. The second-order valence-electron chi connectivity index (χ2n) is 8.54. The minimum Gasteiger partial charge on any atom is -0.489 e. The van der Waals surface area contributed by atoms with Crippen molar-refractivity contribution in [2.45, 2.75) is 40.8 Å². The Bertz CT molecular complexity index is 906. The molecule has 2 aromatic carbocycles. The number of allylic oxidation sites excluding steroid dienone is 2. The van der Waals surface area contributed by atoms with E-state index in [1.165, 1.54) is 5.56 Å². The molecule has 2 aromatic rings. The number of hydrogen-bond donors (Lipinski definition) is 0. The minimum atomic E-state index is 0.0442. The van der Waals surface area contributed by atoms with Crippen LogP contribution in [0.1, 0.15) is 44.4 Å². The predicted octanol–water partition coefficient (Wildman–Crippen LogP) is 6.34. The van der Waals surface area contributed by atoms with E-state index in [-0.39, 0.29) is 5.41 Å². The van der Waals surface area contributed by atoms with Gasteiger partial charge in [-0.1, -0.05) is 60.4 Å². The summed E-state index contributed by atoms with van der Waals surface area (Å²) in [5.41, 5.74) is 4.64. The van der Waals surface area contributed by atoms with Gasteiger partial charge in [0.2, 0.25) is 0 Å². The van der Waals surface area contributed by atoms with E-state index in [2.05, 4.69) is 87.5 Å². The smallest absolute Gasteiger partial charge is 0.120 e. The molecule has 2 nitrogen and oxygen atoms in total. The van der Waals surface area contributed by atoms with Crippen LogP contribution in [0.2, 0.25) is 0 Å². The number of likely N-dealkylation sites (N-methyl/N-ethyl adjacent to an activating group) is 1. The molecular formula is C27H33NO. The molecule has 0 fully saturated rings. The minimum absolute atomic E-state index is 0.0442. The summed E-state index contributed by atoms with van der Waals surface area (Å²) in [6.45, 7) is 14.7. The van der Waals surface area contributed by atoms with Crippen LogP contribution >= 0.6 is 0 Å². The van der Waals surface area contributed by atoms with Gasteiger partial charge in [0.25, 0.3) is 0 Å². The molecule has 0 aromatic heterocycles. The Morgan fingerprint density at radius 3 is 2.55 bits per heavy atom. The third kappa shape index (κ3) is 8.85. The average Bonchev–Trinajstić information content (AvgIpc) is 2.65. The van der Waals surface area contributed by atoms with E-state index < -0.39 is 0 Å². The molecule has 29 heavy (non-hydrogen) atoms. The third-order valence-corrected chi connectivity index (χ3v) is 4.24. The highest BCUT2D eigenvalue weighted by atomic mass is 16.5. The molecule has 0 N–H and O–H groups in total. The lowest BCUT2D eigenvalue weighted by Gasteiger charge is -2.15. The predicted molar refractivity (Wildman–Crippen MR) is 125 cm³/mol. The van der Waals surface area contributed by atoms with E-state index >= 15 is 0 Å². The maximum absolute atomic E-state index is 6.01. The third-order valence-electron chi connectivity index (χ3n) is 4.24. The van der Waals surface area contributed by atoms with E-state index in [4.69, 9.17) is 4.74 Å². The van der Waals surface area contributed by atoms with Gasteiger partial charge in [-0.3, -0.25) is 4.90 Å². The lowest BCUT2D eigenvalue weighted by molar-refractivity contribution is 0.304. The number of benzene rings is 2. The molecule has 2 heteroatoms. The number of rotatable bonds is 8. The molecule has 0 radical (unpaired) electrons. The fourth-order valence-electron chi connectivity index (χ4n) is 2.75. The van der Waals surface area contributed by atoms with Gasteiger partial charge in [0, 0.05) is 18.5 Å². The van der Waals surface area contributed by atoms with Gasteiger partial charge in [0.15, 0.2) is 0 Å². The van der Waals surface area contributed by atoms with Crippen molar-refractivity contribution in [3.8, 4) is 17.6 Å². The summed E-state index contributed by atoms with van der Waals surface area (Å²) in [6, 6.07) is 16.6. The summed E-state index contributed by atoms with van der Waals surface area (Å²) < 4.78 is 6.01. The summed E-state index contributed by atoms with van der Waals surface area (Å²) in [5.74, 6) is 7.22. The number of ether oxygens (including phenoxy) is 1. The molecule has 0 aliphatic heterocycles. The summed E-state index contributed by atoms with van der Waals surface area (Å²) in [7, 11) is 2.11. The molecule has 0 bridgehead atoms. The van der Waals surface area contributed by atoms with Crippen molar-refractivity contribution in [1.29, 1.82) is 0 Å². The normalized spacial score (nSPS) is 11.4. The van der Waals surface area contributed by atoms with E-state index in [0.717, 1.165) is 35.5 Å². The molecule has 0 aliphatic rings. The highest BCUT2D eigenvalue weighted by molar-refractivity contribution is 5.61. The highest BCUT2D eigenvalue weighted by Gasteiger charge is 2.03. The molecule has 2 rings (SSSR count). The average molecular weight is 388 g/mol. The Morgan fingerprint density at radius 1 is 1.10 bits per heavy atom. The molecule has 0 saturated carbocycles. The first-order valence-electron chi connectivity index (χ1n) is 10.1. The first-order chi connectivity index (χ1) is 13.7. The topological polar surface area (TPSA) is 12.5 Å². The molecule has 0 spiro atoms. The molecule has 0 saturated heterocycles. The van der Waals surface area contributed by atoms with Crippen LogP contribution in [0.4, 0.5) is 0 Å². The van der Waals surface area contributed by atoms with E-state index in [9.17, 15) is 0 Å². The van der Waals surface area contributed by atoms with Crippen molar-refractivity contribution >= 4 is 5.57 Å². The van der Waals surface area contributed by atoms with Crippen molar-refractivity contribution < 1.29 is 4.74 Å². The summed E-state index contributed by atoms with van der Waals surface area (Å²) >= 11 is 0. The zero-order valence-electron chi connectivity index (χ0n) is 18.5. The van der Waals surface area contributed by atoms with Crippen molar-refractivity contribution in [3.63, 3.8) is 0 Å². The van der Waals surface area contributed by atoms with Crippen molar-refractivity contribution in [2.24, 2.45) is 5.41 Å². The summed E-state index contributed by atoms with van der Waals surface area (Å²) in [4.78, 5) is 2.25. The van der Waals surface area contributed by atoms with E-state index in [0.29, 0.717) is 6.61 Å². The molecular weight excluding hydrogens is 354 g/mol. The molecule has 0 aliphatic carbocycles. The zero-order valence-corrected chi connectivity index (χ0v) is 18.5. The monoisotopic (exact) mass is 387 g/mol. The zero-order chi connectivity index (χ0) is 21.3. The van der Waals surface area contributed by atoms with Gasteiger partial charge in [-0.25, -0.2) is 0 Å². The fourth-order valence-corrected chi connectivity index (χ4v) is 2.75. The van der Waals surface area contributed by atoms with Crippen LogP contribution in [0.15, 0.2) is 67.3 Å². The van der Waals surface area contributed by atoms with Crippen molar-refractivity contribution in [2.75, 3.05) is 13.6 Å². The molecule has 152 valence electrons. The van der Waals surface area contributed by atoms with Crippen LogP contribution in [0.3, 0.4) is 0 Å². The van der Waals surface area contributed by atoms with Crippen LogP contribution in [0.25, 0.3) is 5.57 Å². The first-order valence-corrected chi connectivity index (χ1v) is 10.1. The van der Waals surface area contributed by atoms with E-state index in [1.807, 2.05) is 31.2 Å². The Morgan fingerprint density at radius 2 is 1.83 bits per heavy atom. The second-order valence-corrected chi connectivity index (χ2v) is 8.54. The van der Waals surface area contributed by atoms with E-state index in [1.54, 1.807) is 0 Å². The first kappa shape index (κ1) is 22.5. The van der Waals surface area contributed by atoms with Crippen LogP contribution in [0.5, 0.6) is 5.75 Å². The molecule has 0 unspecified atom stereocenters. The van der Waals surface area contributed by atoms with Crippen LogP contribution in [-0.2, 0) is 13.2 Å². The lowest BCUT2D eigenvalue weighted by atomic mass is 9.98. The van der Waals surface area contributed by atoms with Crippen molar-refractivity contribution in [3.05, 3.63) is 84.0 Å². The maximum atomic E-state index is 6.01. The molecule has 0 amide bonds. The van der Waals surface area contributed by atoms with Gasteiger partial charge in [-0.15, -0.1) is 0 Å². The molecule has 0 atom stereocenters. The summed E-state index contributed by atoms with van der Waals surface area (Å²) in [5, 5.41) is 0. The van der Waals surface area contributed by atoms with Gasteiger partial charge < -0.3 is 4.74 Å². The fraction of sp³-hybridized carbons (Fsp3) is 0.333. The Balaban J connectivity index is 1.88. The van der Waals surface area contributed by atoms with Crippen molar-refractivity contribution in [1.82, 2.24) is 4.90 Å². The van der Waals surface area contributed by atoms with Gasteiger partial charge in [-0.05, 0) is 75.7 Å². The Hall–Kier alpha value is -2.76. The maximum Gasteiger partial charge on any atom is 0.120 e. The highest BCUT2D eigenvalue weighted by Crippen LogP contribution is 2.18. The Kier molecular flexibility index (Phi) is 8.31. The largest absolute Gasteiger partial charge is 0.489 e. The van der Waals surface area contributed by atoms with Gasteiger partial charge >= 0.3 is 0 Å². The van der Waals surface area contributed by atoms with Crippen LogP contribution in [-0.4, -0.2) is 18.5 Å². The van der Waals surface area contributed by atoms with Gasteiger partial charge in [-0.2, -0.15) is 0 Å². The van der Waals surface area contributed by atoms with Crippen LogP contribution < -0.4 is 4.74 Å². The number of hydrogen-bond acceptors (Lipinski definition) is 2. The standard InChI is InChI=1S/C27H33NO/c1-22(2)25-14-10-13-24(18-25)21-29-26-15-11-12-23(19-26)20-28(6)17-9-7-8-16-27(3,4)5/h7,9-15,18-19H,1,17,20-21H2,2-6H3/b9-7+. The lowest BCUT2D eigenvalue weighted by Crippen LogP contribution is -2.17. The summed E-state index contributed by atoms with van der Waals surface area (Å²) in [6.07, 6.45) is 4.05. The SMILES string of the molecule is C=C(C)c1cccc(COc2cccc(CN(C)C/C=C/C#CC(C)(C)C)c2)c1. The van der Waals surface area contributed by atoms with Crippen LogP contribution in [0, 0.1) is 17.3 Å². The molecule has 0 heterocycles. The van der Waals surface area contributed by atoms with Gasteiger partial charge in [0.05, 0.1) is 0 Å². The second kappa shape index (κ2) is 10.7.